The van der Waals surface area contributed by atoms with Gasteiger partial charge in [0.05, 0.1) is 27.0 Å². The zero-order chi connectivity index (χ0) is 17.4. The van der Waals surface area contributed by atoms with Gasteiger partial charge in [-0.3, -0.25) is 9.89 Å². The molecule has 0 unspecified atom stereocenters. The van der Waals surface area contributed by atoms with Crippen LogP contribution in [0.2, 0.25) is 10.0 Å². The van der Waals surface area contributed by atoms with Gasteiger partial charge < -0.3 is 15.6 Å². The summed E-state index contributed by atoms with van der Waals surface area (Å²) in [6, 6.07) is 4.92. The number of carbonyl (C=O) groups excluding carboxylic acids is 1. The van der Waals surface area contributed by atoms with Crippen molar-refractivity contribution in [3.8, 4) is 11.5 Å². The molecule has 0 saturated heterocycles. The van der Waals surface area contributed by atoms with Gasteiger partial charge in [0, 0.05) is 31.4 Å². The minimum atomic E-state index is -0.406. The van der Waals surface area contributed by atoms with E-state index in [0.717, 1.165) is 24.4 Å². The first-order valence-corrected chi connectivity index (χ1v) is 8.47. The van der Waals surface area contributed by atoms with Crippen molar-refractivity contribution in [3.63, 3.8) is 0 Å². The van der Waals surface area contributed by atoms with Crippen molar-refractivity contribution in [2.45, 2.75) is 13.0 Å². The summed E-state index contributed by atoms with van der Waals surface area (Å²) in [5.41, 5.74) is 3.31. The Balaban J connectivity index is 1.64. The molecule has 3 aromatic rings. The number of aromatic nitrogens is 4. The molecule has 25 heavy (non-hydrogen) atoms. The number of carbonyl (C=O) groups is 1. The maximum atomic E-state index is 12.6. The number of fused-ring (bicyclic) bond motifs is 1. The van der Waals surface area contributed by atoms with Gasteiger partial charge in [-0.15, -0.1) is 0 Å². The summed E-state index contributed by atoms with van der Waals surface area (Å²) in [7, 11) is 0. The van der Waals surface area contributed by atoms with E-state index in [9.17, 15) is 4.79 Å². The number of aromatic amines is 2. The van der Waals surface area contributed by atoms with Gasteiger partial charge in [-0.25, -0.2) is 4.98 Å². The van der Waals surface area contributed by atoms with Crippen molar-refractivity contribution in [2.24, 2.45) is 0 Å². The number of nitrogens with zero attached hydrogens (tertiary/aromatic N) is 2. The van der Waals surface area contributed by atoms with Gasteiger partial charge in [-0.05, 0) is 12.1 Å². The monoisotopic (exact) mass is 376 g/mol. The first-order valence-electron chi connectivity index (χ1n) is 7.71. The van der Waals surface area contributed by atoms with Crippen LogP contribution in [0.4, 0.5) is 5.69 Å². The van der Waals surface area contributed by atoms with Gasteiger partial charge in [0.2, 0.25) is 0 Å². The van der Waals surface area contributed by atoms with Crippen LogP contribution < -0.4 is 10.6 Å². The Hall–Kier alpha value is -2.35. The predicted octanol–water partition coefficient (Wildman–Crippen LogP) is 3.00. The third kappa shape index (κ3) is 3.02. The van der Waals surface area contributed by atoms with Crippen molar-refractivity contribution in [3.05, 3.63) is 51.4 Å². The summed E-state index contributed by atoms with van der Waals surface area (Å²) in [4.78, 5) is 20.4. The number of imidazole rings is 1. The van der Waals surface area contributed by atoms with Crippen LogP contribution in [0.15, 0.2) is 24.4 Å². The summed E-state index contributed by atoms with van der Waals surface area (Å²) < 4.78 is 0. The van der Waals surface area contributed by atoms with Crippen LogP contribution in [-0.2, 0) is 13.0 Å². The fourth-order valence-corrected chi connectivity index (χ4v) is 3.37. The Labute approximate surface area is 153 Å². The van der Waals surface area contributed by atoms with Crippen molar-refractivity contribution < 1.29 is 4.79 Å². The van der Waals surface area contributed by atoms with Gasteiger partial charge in [-0.2, -0.15) is 5.10 Å². The normalized spacial score (nSPS) is 13.5. The van der Waals surface area contributed by atoms with E-state index < -0.39 is 5.91 Å². The number of benzene rings is 1. The van der Waals surface area contributed by atoms with Gasteiger partial charge in [0.25, 0.3) is 5.91 Å². The summed E-state index contributed by atoms with van der Waals surface area (Å²) >= 11 is 12.2. The van der Waals surface area contributed by atoms with Crippen LogP contribution in [0, 0.1) is 0 Å². The van der Waals surface area contributed by atoms with Crippen LogP contribution in [0.3, 0.4) is 0 Å². The Morgan fingerprint density at radius 1 is 1.24 bits per heavy atom. The Kier molecular flexibility index (Phi) is 4.20. The first kappa shape index (κ1) is 16.1. The van der Waals surface area contributed by atoms with E-state index in [1.165, 1.54) is 0 Å². The second kappa shape index (κ2) is 6.51. The lowest BCUT2D eigenvalue weighted by Crippen LogP contribution is -2.23. The lowest BCUT2D eigenvalue weighted by molar-refractivity contribution is 0.102. The molecule has 9 heteroatoms. The number of hydrogen-bond donors (Lipinski definition) is 4. The molecule has 0 radical (unpaired) electrons. The van der Waals surface area contributed by atoms with Gasteiger partial charge >= 0.3 is 0 Å². The number of nitrogens with one attached hydrogen (secondary N) is 4. The van der Waals surface area contributed by atoms with Crippen LogP contribution in [-0.4, -0.2) is 32.6 Å². The summed E-state index contributed by atoms with van der Waals surface area (Å²) in [6.45, 7) is 1.62. The van der Waals surface area contributed by atoms with Crippen LogP contribution in [0.1, 0.15) is 21.7 Å². The predicted molar refractivity (Wildman–Crippen MR) is 96.0 cm³/mol. The van der Waals surface area contributed by atoms with E-state index in [0.29, 0.717) is 23.8 Å². The molecule has 0 fully saturated rings. The molecule has 0 saturated carbocycles. The molecule has 2 aromatic heterocycles. The topological polar surface area (TPSA) is 98.5 Å². The molecule has 0 bridgehead atoms. The summed E-state index contributed by atoms with van der Waals surface area (Å²) in [6.07, 6.45) is 2.47. The van der Waals surface area contributed by atoms with E-state index in [-0.39, 0.29) is 15.6 Å². The van der Waals surface area contributed by atoms with E-state index in [1.54, 1.807) is 24.4 Å². The van der Waals surface area contributed by atoms with Gasteiger partial charge in [0.15, 0.2) is 11.5 Å². The quantitative estimate of drug-likeness (QED) is 0.564. The number of H-pyrrole nitrogens is 2. The maximum absolute atomic E-state index is 12.6. The van der Waals surface area contributed by atoms with Crippen molar-refractivity contribution >= 4 is 34.8 Å². The molecular formula is C16H14Cl2N6O. The number of anilines is 1. The highest BCUT2D eigenvalue weighted by Crippen LogP contribution is 2.28. The van der Waals surface area contributed by atoms with E-state index in [4.69, 9.17) is 23.2 Å². The SMILES string of the molecule is O=C(Nc1c[nH]nc1-c1nc2c([nH]1)CCNC2)c1c(Cl)cccc1Cl. The molecular weight excluding hydrogens is 363 g/mol. The molecule has 4 N–H and O–H groups in total. The van der Waals surface area contributed by atoms with E-state index >= 15 is 0 Å². The number of amides is 1. The smallest absolute Gasteiger partial charge is 0.258 e. The third-order valence-electron chi connectivity index (χ3n) is 4.01. The fourth-order valence-electron chi connectivity index (χ4n) is 2.80. The Bertz CT molecular complexity index is 904. The molecule has 1 aliphatic rings. The van der Waals surface area contributed by atoms with Crippen molar-refractivity contribution in [1.82, 2.24) is 25.5 Å². The van der Waals surface area contributed by atoms with E-state index in [1.807, 2.05) is 0 Å². The zero-order valence-electron chi connectivity index (χ0n) is 13.0. The second-order valence-electron chi connectivity index (χ2n) is 5.64. The molecule has 128 valence electrons. The minimum absolute atomic E-state index is 0.223. The van der Waals surface area contributed by atoms with Gasteiger partial charge in [-0.1, -0.05) is 29.3 Å². The largest absolute Gasteiger partial charge is 0.340 e. The average Bonchev–Trinajstić information content (AvgIpc) is 3.20. The lowest BCUT2D eigenvalue weighted by atomic mass is 10.2. The molecule has 4 rings (SSSR count). The molecule has 0 spiro atoms. The number of rotatable bonds is 3. The van der Waals surface area contributed by atoms with Crippen molar-refractivity contribution in [2.75, 3.05) is 11.9 Å². The van der Waals surface area contributed by atoms with E-state index in [2.05, 4.69) is 30.8 Å². The summed E-state index contributed by atoms with van der Waals surface area (Å²) in [5, 5.41) is 13.6. The number of halogens is 2. The molecule has 1 amide bonds. The van der Waals surface area contributed by atoms with Crippen LogP contribution in [0.5, 0.6) is 0 Å². The average molecular weight is 377 g/mol. The van der Waals surface area contributed by atoms with Crippen LogP contribution >= 0.6 is 23.2 Å². The van der Waals surface area contributed by atoms with Crippen LogP contribution in [0.25, 0.3) is 11.5 Å². The lowest BCUT2D eigenvalue weighted by Gasteiger charge is -2.09. The highest BCUT2D eigenvalue weighted by molar-refractivity contribution is 6.40. The standard InChI is InChI=1S/C16H14Cl2N6O/c17-8-2-1-3-9(18)13(8)16(25)23-12-7-20-24-14(12)15-21-10-4-5-19-6-11(10)22-15/h1-3,7,19H,4-6H2,(H,20,24)(H,21,22)(H,23,25). The molecule has 0 aliphatic carbocycles. The fraction of sp³-hybridized carbons (Fsp3) is 0.188. The number of hydrogen-bond acceptors (Lipinski definition) is 4. The Morgan fingerprint density at radius 3 is 2.80 bits per heavy atom. The van der Waals surface area contributed by atoms with Crippen molar-refractivity contribution in [1.29, 1.82) is 0 Å². The molecule has 7 nitrogen and oxygen atoms in total. The molecule has 3 heterocycles. The first-order chi connectivity index (χ1) is 12.1. The maximum Gasteiger partial charge on any atom is 0.258 e. The molecule has 1 aliphatic heterocycles. The minimum Gasteiger partial charge on any atom is -0.340 e. The highest BCUT2D eigenvalue weighted by Gasteiger charge is 2.21. The highest BCUT2D eigenvalue weighted by atomic mass is 35.5. The summed E-state index contributed by atoms with van der Waals surface area (Å²) in [5.74, 6) is 0.201. The Morgan fingerprint density at radius 2 is 2.04 bits per heavy atom. The second-order valence-corrected chi connectivity index (χ2v) is 6.45. The molecule has 1 aromatic carbocycles. The van der Waals surface area contributed by atoms with Gasteiger partial charge in [0.1, 0.15) is 0 Å². The zero-order valence-corrected chi connectivity index (χ0v) is 14.5. The molecule has 0 atom stereocenters. The third-order valence-corrected chi connectivity index (χ3v) is 4.64.